The number of rotatable bonds is 14. The minimum Gasteiger partial charge on any atom is -0.460 e. The zero-order valence-corrected chi connectivity index (χ0v) is 16.1. The maximum atomic E-state index is 11.4. The number of hydrogen-bond donors (Lipinski definition) is 2. The summed E-state index contributed by atoms with van der Waals surface area (Å²) in [5.41, 5.74) is 0. The van der Waals surface area contributed by atoms with E-state index in [0.717, 1.165) is 25.3 Å². The van der Waals surface area contributed by atoms with E-state index in [9.17, 15) is 19.2 Å². The number of unbranched alkanes of at least 4 members (excludes halogenated alkanes) is 3. The predicted molar refractivity (Wildman–Crippen MR) is 99.2 cm³/mol. The highest BCUT2D eigenvalue weighted by Crippen LogP contribution is 2.00. The van der Waals surface area contributed by atoms with Crippen LogP contribution in [0.4, 0.5) is 9.59 Å². The van der Waals surface area contributed by atoms with E-state index in [4.69, 9.17) is 4.74 Å². The number of ether oxygens (including phenoxy) is 4. The Bertz CT molecular complexity index is 548. The molecule has 0 aromatic rings. The van der Waals surface area contributed by atoms with E-state index < -0.39 is 24.1 Å². The number of alkyl carbamates (subject to hydrolysis) is 2. The molecule has 0 unspecified atom stereocenters. The standard InChI is InChI=1S/C18H28N2O8/c1-4-15(21)26-12-13-27-17(23)19-10-8-6-7-9-11-20-18(24)28-14(3)16(22)25-5-2/h4H,1,3,5-13H2,2H3,(H,19,23)(H,20,24). The lowest BCUT2D eigenvalue weighted by molar-refractivity contribution is -0.141. The van der Waals surface area contributed by atoms with Gasteiger partial charge in [0.25, 0.3) is 0 Å². The van der Waals surface area contributed by atoms with Crippen LogP contribution in [0.1, 0.15) is 32.6 Å². The molecule has 0 saturated carbocycles. The summed E-state index contributed by atoms with van der Waals surface area (Å²) in [6.45, 7) is 9.12. The molecule has 0 aliphatic carbocycles. The molecule has 0 aliphatic rings. The van der Waals surface area contributed by atoms with E-state index in [-0.39, 0.29) is 25.6 Å². The molecule has 0 aromatic heterocycles. The average Bonchev–Trinajstić information content (AvgIpc) is 2.67. The summed E-state index contributed by atoms with van der Waals surface area (Å²) in [6.07, 6.45) is 2.79. The van der Waals surface area contributed by atoms with Crippen molar-refractivity contribution in [1.29, 1.82) is 0 Å². The van der Waals surface area contributed by atoms with Crippen molar-refractivity contribution in [3.05, 3.63) is 25.0 Å². The molecule has 10 nitrogen and oxygen atoms in total. The van der Waals surface area contributed by atoms with Crippen molar-refractivity contribution < 1.29 is 38.1 Å². The number of carbonyl (C=O) groups excluding carboxylic acids is 4. The van der Waals surface area contributed by atoms with Crippen molar-refractivity contribution in [3.8, 4) is 0 Å². The van der Waals surface area contributed by atoms with Crippen LogP contribution in [0, 0.1) is 0 Å². The fourth-order valence-corrected chi connectivity index (χ4v) is 1.77. The molecular weight excluding hydrogens is 372 g/mol. The second-order valence-electron chi connectivity index (χ2n) is 5.31. The maximum Gasteiger partial charge on any atom is 0.412 e. The lowest BCUT2D eigenvalue weighted by Crippen LogP contribution is -2.27. The monoisotopic (exact) mass is 400 g/mol. The van der Waals surface area contributed by atoms with Gasteiger partial charge in [-0.3, -0.25) is 0 Å². The maximum absolute atomic E-state index is 11.4. The molecule has 0 rings (SSSR count). The molecule has 0 saturated heterocycles. The first kappa shape index (κ1) is 25.0. The van der Waals surface area contributed by atoms with E-state index in [1.807, 2.05) is 0 Å². The molecule has 0 radical (unpaired) electrons. The lowest BCUT2D eigenvalue weighted by atomic mass is 10.2. The predicted octanol–water partition coefficient (Wildman–Crippen LogP) is 1.81. The quantitative estimate of drug-likeness (QED) is 0.148. The van der Waals surface area contributed by atoms with Gasteiger partial charge in [-0.25, -0.2) is 19.2 Å². The fourth-order valence-electron chi connectivity index (χ4n) is 1.77. The first-order valence-corrected chi connectivity index (χ1v) is 8.92. The summed E-state index contributed by atoms with van der Waals surface area (Å²) in [6, 6.07) is 0. The van der Waals surface area contributed by atoms with Crippen LogP contribution in [-0.2, 0) is 28.5 Å². The lowest BCUT2D eigenvalue weighted by Gasteiger charge is -2.08. The zero-order chi connectivity index (χ0) is 21.2. The van der Waals surface area contributed by atoms with Gasteiger partial charge >= 0.3 is 24.1 Å². The Morgan fingerprint density at radius 1 is 0.857 bits per heavy atom. The summed E-state index contributed by atoms with van der Waals surface area (Å²) < 4.78 is 18.8. The normalized spacial score (nSPS) is 9.61. The Kier molecular flexibility index (Phi) is 14.4. The van der Waals surface area contributed by atoms with Crippen LogP contribution in [0.25, 0.3) is 0 Å². The number of esters is 2. The highest BCUT2D eigenvalue weighted by Gasteiger charge is 2.13. The van der Waals surface area contributed by atoms with Gasteiger partial charge in [0.2, 0.25) is 5.76 Å². The SMILES string of the molecule is C=CC(=O)OCCOC(=O)NCCCCCCNC(=O)OC(=C)C(=O)OCC. The molecule has 2 amide bonds. The highest BCUT2D eigenvalue weighted by atomic mass is 16.6. The third kappa shape index (κ3) is 14.2. The number of carbonyl (C=O) groups is 4. The van der Waals surface area contributed by atoms with E-state index in [0.29, 0.717) is 19.5 Å². The van der Waals surface area contributed by atoms with Gasteiger partial charge in [0.15, 0.2) is 0 Å². The summed E-state index contributed by atoms with van der Waals surface area (Å²) >= 11 is 0. The molecule has 0 heterocycles. The van der Waals surface area contributed by atoms with Gasteiger partial charge < -0.3 is 29.6 Å². The molecule has 0 atom stereocenters. The van der Waals surface area contributed by atoms with Gasteiger partial charge in [-0.2, -0.15) is 0 Å². The Balaban J connectivity index is 3.52. The molecule has 0 spiro atoms. The van der Waals surface area contributed by atoms with Gasteiger partial charge in [0.1, 0.15) is 13.2 Å². The van der Waals surface area contributed by atoms with Crippen molar-refractivity contribution in [2.24, 2.45) is 0 Å². The Labute approximate surface area is 164 Å². The Hall–Kier alpha value is -3.04. The van der Waals surface area contributed by atoms with Crippen LogP contribution in [-0.4, -0.2) is 57.0 Å². The van der Waals surface area contributed by atoms with Crippen molar-refractivity contribution in [3.63, 3.8) is 0 Å². The minimum absolute atomic E-state index is 0.0269. The van der Waals surface area contributed by atoms with Crippen molar-refractivity contribution in [2.45, 2.75) is 32.6 Å². The molecule has 28 heavy (non-hydrogen) atoms. The fraction of sp³-hybridized carbons (Fsp3) is 0.556. The van der Waals surface area contributed by atoms with E-state index >= 15 is 0 Å². The number of nitrogens with one attached hydrogen (secondary N) is 2. The Morgan fingerprint density at radius 2 is 1.43 bits per heavy atom. The van der Waals surface area contributed by atoms with Gasteiger partial charge in [0.05, 0.1) is 6.61 Å². The van der Waals surface area contributed by atoms with E-state index in [1.165, 1.54) is 0 Å². The number of amides is 2. The van der Waals surface area contributed by atoms with Crippen LogP contribution in [0.5, 0.6) is 0 Å². The second-order valence-corrected chi connectivity index (χ2v) is 5.31. The Morgan fingerprint density at radius 3 is 2.00 bits per heavy atom. The van der Waals surface area contributed by atoms with Gasteiger partial charge in [-0.15, -0.1) is 0 Å². The summed E-state index contributed by atoms with van der Waals surface area (Å²) in [5, 5.41) is 5.07. The largest absolute Gasteiger partial charge is 0.460 e. The van der Waals surface area contributed by atoms with Crippen molar-refractivity contribution in [2.75, 3.05) is 32.9 Å². The number of hydrogen-bond acceptors (Lipinski definition) is 8. The minimum atomic E-state index is -0.776. The third-order valence-electron chi connectivity index (χ3n) is 3.09. The zero-order valence-electron chi connectivity index (χ0n) is 16.1. The van der Waals surface area contributed by atoms with Crippen molar-refractivity contribution >= 4 is 24.1 Å². The summed E-state index contributed by atoms with van der Waals surface area (Å²) in [5.74, 6) is -1.71. The van der Waals surface area contributed by atoms with Crippen LogP contribution in [0.15, 0.2) is 25.0 Å². The highest BCUT2D eigenvalue weighted by molar-refractivity contribution is 5.88. The van der Waals surface area contributed by atoms with Crippen LogP contribution in [0.3, 0.4) is 0 Å². The first-order chi connectivity index (χ1) is 13.4. The molecular formula is C18H28N2O8. The molecule has 0 fully saturated rings. The topological polar surface area (TPSA) is 129 Å². The van der Waals surface area contributed by atoms with Crippen molar-refractivity contribution in [1.82, 2.24) is 10.6 Å². The molecule has 0 aliphatic heterocycles. The summed E-state index contributed by atoms with van der Waals surface area (Å²) in [7, 11) is 0. The molecule has 0 bridgehead atoms. The van der Waals surface area contributed by atoms with Gasteiger partial charge in [0, 0.05) is 19.2 Å². The molecule has 10 heteroatoms. The molecule has 0 aromatic carbocycles. The smallest absolute Gasteiger partial charge is 0.412 e. The second kappa shape index (κ2) is 16.2. The first-order valence-electron chi connectivity index (χ1n) is 8.92. The third-order valence-corrected chi connectivity index (χ3v) is 3.09. The van der Waals surface area contributed by atoms with E-state index in [2.05, 4.69) is 38.0 Å². The molecule has 2 N–H and O–H groups in total. The van der Waals surface area contributed by atoms with E-state index in [1.54, 1.807) is 6.92 Å². The van der Waals surface area contributed by atoms with Crippen LogP contribution < -0.4 is 10.6 Å². The average molecular weight is 400 g/mol. The van der Waals surface area contributed by atoms with Crippen LogP contribution >= 0.6 is 0 Å². The molecule has 158 valence electrons. The van der Waals surface area contributed by atoms with Crippen LogP contribution in [0.2, 0.25) is 0 Å². The van der Waals surface area contributed by atoms with Gasteiger partial charge in [-0.1, -0.05) is 19.4 Å². The summed E-state index contributed by atoms with van der Waals surface area (Å²) in [4.78, 5) is 44.8. The van der Waals surface area contributed by atoms with Gasteiger partial charge in [-0.05, 0) is 26.3 Å².